The maximum atomic E-state index is 12.1. The second-order valence-electron chi connectivity index (χ2n) is 5.24. The molecule has 25 heavy (non-hydrogen) atoms. The van der Waals surface area contributed by atoms with Gasteiger partial charge in [0.2, 0.25) is 5.91 Å². The molecule has 0 bridgehead atoms. The van der Waals surface area contributed by atoms with Gasteiger partial charge >= 0.3 is 0 Å². The number of rotatable bonds is 4. The standard InChI is InChI=1S/C17H13Cl2N5O/c1-11-8-14(5-6-16(11)24-10-20-22-23-24)21-17(25)7-3-12-2-4-13(18)9-15(12)19/h2-10H,1H3,(H,21,25)/b7-3+. The van der Waals surface area contributed by atoms with Crippen molar-refractivity contribution in [1.29, 1.82) is 0 Å². The van der Waals surface area contributed by atoms with Crippen LogP contribution in [-0.2, 0) is 4.79 Å². The van der Waals surface area contributed by atoms with Crippen molar-refractivity contribution in [3.8, 4) is 5.69 Å². The number of carbonyl (C=O) groups excluding carboxylic acids is 1. The highest BCUT2D eigenvalue weighted by Gasteiger charge is 2.05. The molecule has 0 spiro atoms. The Kier molecular flexibility index (Phi) is 5.11. The highest BCUT2D eigenvalue weighted by Crippen LogP contribution is 2.22. The van der Waals surface area contributed by atoms with Crippen LogP contribution < -0.4 is 5.32 Å². The minimum absolute atomic E-state index is 0.263. The average Bonchev–Trinajstić information content (AvgIpc) is 3.08. The largest absolute Gasteiger partial charge is 0.323 e. The molecular weight excluding hydrogens is 361 g/mol. The smallest absolute Gasteiger partial charge is 0.248 e. The van der Waals surface area contributed by atoms with Gasteiger partial charge in [0.25, 0.3) is 0 Å². The third kappa shape index (κ3) is 4.23. The van der Waals surface area contributed by atoms with Gasteiger partial charge in [-0.15, -0.1) is 5.10 Å². The topological polar surface area (TPSA) is 72.7 Å². The van der Waals surface area contributed by atoms with Gasteiger partial charge in [-0.05, 0) is 64.9 Å². The maximum Gasteiger partial charge on any atom is 0.248 e. The van der Waals surface area contributed by atoms with Gasteiger partial charge in [-0.2, -0.15) is 0 Å². The second-order valence-corrected chi connectivity index (χ2v) is 6.09. The fourth-order valence-electron chi connectivity index (χ4n) is 2.25. The Morgan fingerprint density at radius 1 is 1.20 bits per heavy atom. The van der Waals surface area contributed by atoms with E-state index in [4.69, 9.17) is 23.2 Å². The average molecular weight is 374 g/mol. The molecule has 0 fully saturated rings. The zero-order valence-electron chi connectivity index (χ0n) is 13.1. The van der Waals surface area contributed by atoms with E-state index in [1.54, 1.807) is 35.0 Å². The molecule has 3 aromatic rings. The number of aromatic nitrogens is 4. The minimum atomic E-state index is -0.263. The summed E-state index contributed by atoms with van der Waals surface area (Å²) in [5.74, 6) is -0.263. The first kappa shape index (κ1) is 17.1. The van der Waals surface area contributed by atoms with Crippen LogP contribution in [-0.4, -0.2) is 26.1 Å². The first-order valence-electron chi connectivity index (χ1n) is 7.31. The highest BCUT2D eigenvalue weighted by molar-refractivity contribution is 6.35. The summed E-state index contributed by atoms with van der Waals surface area (Å²) in [5, 5.41) is 14.9. The lowest BCUT2D eigenvalue weighted by atomic mass is 10.1. The van der Waals surface area contributed by atoms with E-state index >= 15 is 0 Å². The Hall–Kier alpha value is -2.70. The molecule has 0 unspecified atom stereocenters. The van der Waals surface area contributed by atoms with Crippen molar-refractivity contribution in [2.24, 2.45) is 0 Å². The summed E-state index contributed by atoms with van der Waals surface area (Å²) in [6.45, 7) is 1.91. The molecule has 6 nitrogen and oxygen atoms in total. The molecule has 1 heterocycles. The molecule has 0 aliphatic carbocycles. The van der Waals surface area contributed by atoms with E-state index in [0.717, 1.165) is 11.3 Å². The van der Waals surface area contributed by atoms with E-state index < -0.39 is 0 Å². The zero-order chi connectivity index (χ0) is 17.8. The van der Waals surface area contributed by atoms with Crippen molar-refractivity contribution in [1.82, 2.24) is 20.2 Å². The number of anilines is 1. The van der Waals surface area contributed by atoms with Gasteiger partial charge in [-0.25, -0.2) is 4.68 Å². The lowest BCUT2D eigenvalue weighted by Gasteiger charge is -2.08. The van der Waals surface area contributed by atoms with Crippen molar-refractivity contribution in [3.05, 3.63) is 70.0 Å². The van der Waals surface area contributed by atoms with E-state index in [1.165, 1.54) is 12.4 Å². The van der Waals surface area contributed by atoms with Gasteiger partial charge in [0.1, 0.15) is 6.33 Å². The number of benzene rings is 2. The third-order valence-corrected chi connectivity index (χ3v) is 4.00. The Balaban J connectivity index is 1.70. The number of aryl methyl sites for hydroxylation is 1. The Morgan fingerprint density at radius 3 is 2.72 bits per heavy atom. The second kappa shape index (κ2) is 7.46. The van der Waals surface area contributed by atoms with Crippen LogP contribution in [0.5, 0.6) is 0 Å². The van der Waals surface area contributed by atoms with Crippen molar-refractivity contribution in [2.45, 2.75) is 6.92 Å². The lowest BCUT2D eigenvalue weighted by molar-refractivity contribution is -0.111. The summed E-state index contributed by atoms with van der Waals surface area (Å²) in [6, 6.07) is 10.6. The first-order valence-corrected chi connectivity index (χ1v) is 8.06. The SMILES string of the molecule is Cc1cc(NC(=O)/C=C/c2ccc(Cl)cc2Cl)ccc1-n1cnnn1. The lowest BCUT2D eigenvalue weighted by Crippen LogP contribution is -2.08. The van der Waals surface area contributed by atoms with E-state index in [9.17, 15) is 4.79 Å². The predicted octanol–water partition coefficient (Wildman–Crippen LogP) is 3.93. The minimum Gasteiger partial charge on any atom is -0.323 e. The number of nitrogens with one attached hydrogen (secondary N) is 1. The molecule has 0 atom stereocenters. The number of amides is 1. The Morgan fingerprint density at radius 2 is 2.04 bits per heavy atom. The summed E-state index contributed by atoms with van der Waals surface area (Å²) in [4.78, 5) is 12.1. The number of halogens is 2. The molecule has 8 heteroatoms. The third-order valence-electron chi connectivity index (χ3n) is 3.44. The number of nitrogens with zero attached hydrogens (tertiary/aromatic N) is 4. The van der Waals surface area contributed by atoms with E-state index in [0.29, 0.717) is 21.3 Å². The molecule has 1 amide bonds. The van der Waals surface area contributed by atoms with Crippen LogP contribution in [0.3, 0.4) is 0 Å². The summed E-state index contributed by atoms with van der Waals surface area (Å²) in [7, 11) is 0. The van der Waals surface area contributed by atoms with Crippen molar-refractivity contribution in [2.75, 3.05) is 5.32 Å². The quantitative estimate of drug-likeness (QED) is 0.703. The van der Waals surface area contributed by atoms with Crippen LogP contribution in [0, 0.1) is 6.92 Å². The number of hydrogen-bond acceptors (Lipinski definition) is 4. The molecule has 1 aromatic heterocycles. The predicted molar refractivity (Wildman–Crippen MR) is 98.0 cm³/mol. The van der Waals surface area contributed by atoms with Gasteiger partial charge in [0.05, 0.1) is 5.69 Å². The van der Waals surface area contributed by atoms with Crippen LogP contribution in [0.25, 0.3) is 11.8 Å². The van der Waals surface area contributed by atoms with Gasteiger partial charge < -0.3 is 5.32 Å². The number of carbonyl (C=O) groups is 1. The Labute approximate surface area is 154 Å². The maximum absolute atomic E-state index is 12.1. The number of hydrogen-bond donors (Lipinski definition) is 1. The van der Waals surface area contributed by atoms with Gasteiger partial charge in [-0.3, -0.25) is 4.79 Å². The molecule has 0 aliphatic heterocycles. The van der Waals surface area contributed by atoms with E-state index in [2.05, 4.69) is 20.8 Å². The molecule has 3 rings (SSSR count). The molecule has 126 valence electrons. The summed E-state index contributed by atoms with van der Waals surface area (Å²) >= 11 is 11.9. The fraction of sp³-hybridized carbons (Fsp3) is 0.0588. The summed E-state index contributed by atoms with van der Waals surface area (Å²) in [5.41, 5.74) is 3.15. The van der Waals surface area contributed by atoms with Crippen LogP contribution in [0.15, 0.2) is 48.8 Å². The van der Waals surface area contributed by atoms with Crippen molar-refractivity contribution < 1.29 is 4.79 Å². The van der Waals surface area contributed by atoms with Gasteiger partial charge in [0.15, 0.2) is 0 Å². The zero-order valence-corrected chi connectivity index (χ0v) is 14.7. The van der Waals surface area contributed by atoms with Gasteiger partial charge in [0, 0.05) is 21.8 Å². The van der Waals surface area contributed by atoms with E-state index in [1.807, 2.05) is 19.1 Å². The molecule has 0 saturated carbocycles. The summed E-state index contributed by atoms with van der Waals surface area (Å²) in [6.07, 6.45) is 4.56. The fourth-order valence-corrected chi connectivity index (χ4v) is 2.72. The first-order chi connectivity index (χ1) is 12.0. The molecule has 0 aliphatic rings. The van der Waals surface area contributed by atoms with Crippen LogP contribution in [0.4, 0.5) is 5.69 Å². The molecule has 1 N–H and O–H groups in total. The highest BCUT2D eigenvalue weighted by atomic mass is 35.5. The monoisotopic (exact) mass is 373 g/mol. The van der Waals surface area contributed by atoms with Crippen molar-refractivity contribution in [3.63, 3.8) is 0 Å². The van der Waals surface area contributed by atoms with E-state index in [-0.39, 0.29) is 5.91 Å². The Bertz CT molecular complexity index is 938. The van der Waals surface area contributed by atoms with Crippen LogP contribution >= 0.6 is 23.2 Å². The molecule has 2 aromatic carbocycles. The van der Waals surface area contributed by atoms with Crippen LogP contribution in [0.2, 0.25) is 10.0 Å². The van der Waals surface area contributed by atoms with Gasteiger partial charge in [-0.1, -0.05) is 29.3 Å². The number of tetrazole rings is 1. The molecule has 0 saturated heterocycles. The molecular formula is C17H13Cl2N5O. The molecule has 0 radical (unpaired) electrons. The summed E-state index contributed by atoms with van der Waals surface area (Å²) < 4.78 is 1.56. The normalized spacial score (nSPS) is 11.0. The van der Waals surface area contributed by atoms with Crippen LogP contribution in [0.1, 0.15) is 11.1 Å². The van der Waals surface area contributed by atoms with Crippen molar-refractivity contribution >= 4 is 40.9 Å².